The second-order valence-corrected chi connectivity index (χ2v) is 4.73. The Hall–Kier alpha value is -0.980. The highest BCUT2D eigenvalue weighted by Crippen LogP contribution is 2.47. The number of rotatable bonds is 1. The molecule has 0 saturated heterocycles. The van der Waals surface area contributed by atoms with Crippen molar-refractivity contribution in [3.05, 3.63) is 29.8 Å². The Balaban J connectivity index is 2.05. The topological polar surface area (TPSA) is 3.24 Å². The highest BCUT2D eigenvalue weighted by Gasteiger charge is 2.38. The van der Waals surface area contributed by atoms with Crippen LogP contribution in [0.1, 0.15) is 44.1 Å². The van der Waals surface area contributed by atoms with E-state index in [2.05, 4.69) is 36.1 Å². The Kier molecular flexibility index (Phi) is 2.19. The molecule has 0 aromatic heterocycles. The van der Waals surface area contributed by atoms with Crippen molar-refractivity contribution in [2.24, 2.45) is 0 Å². The molecule has 1 heterocycles. The minimum absolute atomic E-state index is 0.787. The van der Waals surface area contributed by atoms with Gasteiger partial charge in [0.1, 0.15) is 0 Å². The molecule has 0 amide bonds. The maximum Gasteiger partial charge on any atom is 0.0405 e. The molecule has 1 aliphatic carbocycles. The zero-order valence-electron chi connectivity index (χ0n) is 9.37. The average Bonchev–Trinajstić information content (AvgIpc) is 2.63. The summed E-state index contributed by atoms with van der Waals surface area (Å²) in [6, 6.07) is 10.5. The second-order valence-electron chi connectivity index (χ2n) is 4.73. The zero-order valence-corrected chi connectivity index (χ0v) is 9.37. The lowest BCUT2D eigenvalue weighted by molar-refractivity contribution is 0.389. The van der Waals surface area contributed by atoms with E-state index < -0.39 is 0 Å². The van der Waals surface area contributed by atoms with Gasteiger partial charge >= 0.3 is 0 Å². The van der Waals surface area contributed by atoms with E-state index in [4.69, 9.17) is 0 Å². The summed E-state index contributed by atoms with van der Waals surface area (Å²) in [4.78, 5) is 2.60. The molecule has 1 aromatic rings. The summed E-state index contributed by atoms with van der Waals surface area (Å²) in [5, 5.41) is 0. The number of benzene rings is 1. The van der Waals surface area contributed by atoms with Gasteiger partial charge in [-0.25, -0.2) is 0 Å². The zero-order chi connectivity index (χ0) is 10.3. The molecule has 79 valence electrons. The van der Waals surface area contributed by atoms with E-state index in [-0.39, 0.29) is 0 Å². The number of fused-ring (bicyclic) bond motifs is 3. The van der Waals surface area contributed by atoms with Crippen LogP contribution in [0.2, 0.25) is 0 Å². The molecular weight excluding hydrogens is 182 g/mol. The van der Waals surface area contributed by atoms with Crippen molar-refractivity contribution in [2.75, 3.05) is 11.4 Å². The third-order valence-electron chi connectivity index (χ3n) is 4.05. The van der Waals surface area contributed by atoms with Gasteiger partial charge in [-0.15, -0.1) is 0 Å². The third kappa shape index (κ3) is 1.29. The molecule has 0 spiro atoms. The van der Waals surface area contributed by atoms with Gasteiger partial charge in [-0.05, 0) is 43.5 Å². The molecule has 1 aromatic carbocycles. The monoisotopic (exact) mass is 200 g/mol. The first kappa shape index (κ1) is 9.26. The van der Waals surface area contributed by atoms with Crippen molar-refractivity contribution in [3.63, 3.8) is 0 Å². The van der Waals surface area contributed by atoms with Gasteiger partial charge in [0, 0.05) is 24.2 Å². The van der Waals surface area contributed by atoms with Crippen molar-refractivity contribution in [2.45, 2.75) is 44.6 Å². The molecule has 2 unspecified atom stereocenters. The highest BCUT2D eigenvalue weighted by molar-refractivity contribution is 5.61. The molecule has 1 saturated carbocycles. The molecule has 2 aliphatic rings. The fourth-order valence-electron chi connectivity index (χ4n) is 3.42. The summed E-state index contributed by atoms with van der Waals surface area (Å²) in [6.45, 7) is 3.43. The van der Waals surface area contributed by atoms with Crippen LogP contribution in [-0.2, 0) is 0 Å². The number of hydrogen-bond acceptors (Lipinski definition) is 1. The molecule has 1 radical (unpaired) electrons. The van der Waals surface area contributed by atoms with E-state index in [1.807, 2.05) is 0 Å². The van der Waals surface area contributed by atoms with E-state index in [0.717, 1.165) is 18.5 Å². The minimum Gasteiger partial charge on any atom is -0.368 e. The normalized spacial score (nSPS) is 28.7. The van der Waals surface area contributed by atoms with E-state index in [0.29, 0.717) is 0 Å². The smallest absolute Gasteiger partial charge is 0.0405 e. The van der Waals surface area contributed by atoms with Crippen LogP contribution in [0, 0.1) is 6.07 Å². The van der Waals surface area contributed by atoms with Crippen molar-refractivity contribution >= 4 is 5.69 Å². The first-order chi connectivity index (χ1) is 7.42. The molecule has 1 nitrogen and oxygen atoms in total. The van der Waals surface area contributed by atoms with E-state index >= 15 is 0 Å². The summed E-state index contributed by atoms with van der Waals surface area (Å²) in [5.74, 6) is 0.797. The van der Waals surface area contributed by atoms with Crippen molar-refractivity contribution in [3.8, 4) is 0 Å². The SMILES string of the molecule is CCN1c2cc[c]cc2C2CCCCC21. The van der Waals surface area contributed by atoms with Gasteiger partial charge in [0.05, 0.1) is 0 Å². The van der Waals surface area contributed by atoms with Gasteiger partial charge in [-0.3, -0.25) is 0 Å². The minimum atomic E-state index is 0.787. The molecule has 3 rings (SSSR count). The van der Waals surface area contributed by atoms with Crippen LogP contribution in [-0.4, -0.2) is 12.6 Å². The highest BCUT2D eigenvalue weighted by atomic mass is 15.2. The average molecular weight is 200 g/mol. The van der Waals surface area contributed by atoms with Crippen LogP contribution in [0.5, 0.6) is 0 Å². The predicted molar refractivity (Wildman–Crippen MR) is 63.3 cm³/mol. The second kappa shape index (κ2) is 3.55. The Morgan fingerprint density at radius 3 is 3.13 bits per heavy atom. The number of hydrogen-bond donors (Lipinski definition) is 0. The van der Waals surface area contributed by atoms with Crippen LogP contribution in [0.4, 0.5) is 5.69 Å². The standard InChI is InChI=1S/C14H18N/c1-2-15-13-9-5-3-7-11(13)12-8-4-6-10-14(12)15/h6,8,10-11,13H,2-3,5,7,9H2,1H3. The maximum atomic E-state index is 3.24. The third-order valence-corrected chi connectivity index (χ3v) is 4.05. The summed E-state index contributed by atoms with van der Waals surface area (Å²) in [6.07, 6.45) is 5.58. The molecule has 1 heteroatoms. The molecule has 1 aliphatic heterocycles. The van der Waals surface area contributed by atoms with Gasteiger partial charge in [-0.2, -0.15) is 0 Å². The molecule has 0 N–H and O–H groups in total. The van der Waals surface area contributed by atoms with Crippen LogP contribution in [0.15, 0.2) is 18.2 Å². The summed E-state index contributed by atoms with van der Waals surface area (Å²) in [7, 11) is 0. The lowest BCUT2D eigenvalue weighted by atomic mass is 9.82. The fraction of sp³-hybridized carbons (Fsp3) is 0.571. The summed E-state index contributed by atoms with van der Waals surface area (Å²) < 4.78 is 0. The quantitative estimate of drug-likeness (QED) is 0.672. The van der Waals surface area contributed by atoms with Crippen LogP contribution in [0.25, 0.3) is 0 Å². The van der Waals surface area contributed by atoms with E-state index in [1.54, 1.807) is 5.56 Å². The molecular formula is C14H18N. The van der Waals surface area contributed by atoms with Gasteiger partial charge < -0.3 is 4.90 Å². The first-order valence-corrected chi connectivity index (χ1v) is 6.18. The molecule has 0 bridgehead atoms. The lowest BCUT2D eigenvalue weighted by Crippen LogP contribution is -2.35. The summed E-state index contributed by atoms with van der Waals surface area (Å²) >= 11 is 0. The van der Waals surface area contributed by atoms with Crippen molar-refractivity contribution in [1.29, 1.82) is 0 Å². The van der Waals surface area contributed by atoms with Crippen LogP contribution < -0.4 is 4.90 Å². The van der Waals surface area contributed by atoms with Gasteiger partial charge in [0.2, 0.25) is 0 Å². The van der Waals surface area contributed by atoms with Crippen LogP contribution >= 0.6 is 0 Å². The first-order valence-electron chi connectivity index (χ1n) is 6.18. The Morgan fingerprint density at radius 1 is 1.40 bits per heavy atom. The van der Waals surface area contributed by atoms with E-state index in [9.17, 15) is 0 Å². The largest absolute Gasteiger partial charge is 0.368 e. The molecule has 15 heavy (non-hydrogen) atoms. The Morgan fingerprint density at radius 2 is 2.27 bits per heavy atom. The molecule has 1 fully saturated rings. The lowest BCUT2D eigenvalue weighted by Gasteiger charge is -2.32. The summed E-state index contributed by atoms with van der Waals surface area (Å²) in [5.41, 5.74) is 3.04. The van der Waals surface area contributed by atoms with Gasteiger partial charge in [-0.1, -0.05) is 18.9 Å². The fourth-order valence-corrected chi connectivity index (χ4v) is 3.42. The Bertz CT molecular complexity index is 333. The Labute approximate surface area is 92.1 Å². The van der Waals surface area contributed by atoms with Gasteiger partial charge in [0.25, 0.3) is 0 Å². The molecule has 2 atom stereocenters. The van der Waals surface area contributed by atoms with Crippen molar-refractivity contribution in [1.82, 2.24) is 0 Å². The predicted octanol–water partition coefficient (Wildman–Crippen LogP) is 3.35. The number of nitrogens with zero attached hydrogens (tertiary/aromatic N) is 1. The number of likely N-dealkylation sites (N-methyl/N-ethyl adjacent to an activating group) is 1. The van der Waals surface area contributed by atoms with Gasteiger partial charge in [0.15, 0.2) is 0 Å². The maximum absolute atomic E-state index is 3.24. The van der Waals surface area contributed by atoms with Crippen molar-refractivity contribution < 1.29 is 0 Å². The van der Waals surface area contributed by atoms with Crippen LogP contribution in [0.3, 0.4) is 0 Å². The van der Waals surface area contributed by atoms with E-state index in [1.165, 1.54) is 31.4 Å². The number of anilines is 1.